The largest absolute Gasteiger partial charge is 0.504 e. The van der Waals surface area contributed by atoms with Crippen molar-refractivity contribution in [2.24, 2.45) is 0 Å². The molecular weight excluding hydrogens is 398 g/mol. The van der Waals surface area contributed by atoms with Gasteiger partial charge in [-0.15, -0.1) is 11.3 Å². The van der Waals surface area contributed by atoms with E-state index in [1.165, 1.54) is 12.1 Å². The number of nitrogens with one attached hydrogen (secondary N) is 2. The number of pyridine rings is 1. The first kappa shape index (κ1) is 18.1. The molecule has 0 amide bonds. The van der Waals surface area contributed by atoms with Gasteiger partial charge in [0.15, 0.2) is 17.3 Å². The van der Waals surface area contributed by atoms with Crippen LogP contribution in [0.5, 0.6) is 11.5 Å². The Bertz CT molecular complexity index is 1370. The Morgan fingerprint density at radius 3 is 2.67 bits per heavy atom. The number of hydrogen-bond donors (Lipinski definition) is 4. The lowest BCUT2D eigenvalue weighted by atomic mass is 10.2. The fourth-order valence-corrected chi connectivity index (χ4v) is 4.27. The quantitative estimate of drug-likeness (QED) is 0.299. The second-order valence-electron chi connectivity index (χ2n) is 6.74. The van der Waals surface area contributed by atoms with Gasteiger partial charge in [-0.25, -0.2) is 15.0 Å². The van der Waals surface area contributed by atoms with Crippen LogP contribution in [-0.2, 0) is 6.54 Å². The molecule has 7 nitrogen and oxygen atoms in total. The van der Waals surface area contributed by atoms with Crippen molar-refractivity contribution in [3.8, 4) is 11.5 Å². The maximum absolute atomic E-state index is 9.64. The number of rotatable bonds is 5. The number of aromatic hydroxyl groups is 2. The van der Waals surface area contributed by atoms with Crippen molar-refractivity contribution in [2.75, 3.05) is 10.6 Å². The van der Waals surface area contributed by atoms with Gasteiger partial charge in [0.2, 0.25) is 0 Å². The molecule has 0 bridgehead atoms. The molecule has 30 heavy (non-hydrogen) atoms. The molecule has 0 aliphatic heterocycles. The molecule has 0 saturated carbocycles. The highest BCUT2D eigenvalue weighted by Gasteiger charge is 2.12. The monoisotopic (exact) mass is 415 g/mol. The highest BCUT2D eigenvalue weighted by molar-refractivity contribution is 7.25. The van der Waals surface area contributed by atoms with Crippen molar-refractivity contribution in [2.45, 2.75) is 6.54 Å². The predicted octanol–water partition coefficient (Wildman–Crippen LogP) is 5.01. The Hall–Kier alpha value is -3.91. The number of aromatic nitrogens is 3. The van der Waals surface area contributed by atoms with Crippen molar-refractivity contribution in [1.82, 2.24) is 15.0 Å². The Labute approximate surface area is 175 Å². The molecule has 0 aliphatic carbocycles. The Morgan fingerprint density at radius 1 is 0.867 bits per heavy atom. The van der Waals surface area contributed by atoms with Crippen molar-refractivity contribution in [1.29, 1.82) is 0 Å². The topological polar surface area (TPSA) is 103 Å². The molecule has 0 atom stereocenters. The highest BCUT2D eigenvalue weighted by Crippen LogP contribution is 2.35. The van der Waals surface area contributed by atoms with E-state index in [0.717, 1.165) is 43.2 Å². The minimum atomic E-state index is -0.129. The third-order valence-electron chi connectivity index (χ3n) is 4.69. The van der Waals surface area contributed by atoms with Crippen LogP contribution in [0.1, 0.15) is 5.56 Å². The fourth-order valence-electron chi connectivity index (χ4n) is 3.23. The van der Waals surface area contributed by atoms with Crippen LogP contribution in [0.3, 0.4) is 0 Å². The first-order valence-corrected chi connectivity index (χ1v) is 10.1. The molecular formula is C22H17N5O2S. The molecule has 0 fully saturated rings. The first-order valence-electron chi connectivity index (χ1n) is 9.27. The summed E-state index contributed by atoms with van der Waals surface area (Å²) >= 11 is 1.56. The van der Waals surface area contributed by atoms with Gasteiger partial charge in [-0.3, -0.25) is 0 Å². The number of phenolic OH excluding ortho intramolecular Hbond substituents is 2. The van der Waals surface area contributed by atoms with Crippen molar-refractivity contribution >= 4 is 49.0 Å². The number of benzene rings is 2. The number of hydrogen-bond acceptors (Lipinski definition) is 8. The van der Waals surface area contributed by atoms with Gasteiger partial charge in [-0.2, -0.15) is 0 Å². The summed E-state index contributed by atoms with van der Waals surface area (Å²) in [6.07, 6.45) is 3.34. The van der Waals surface area contributed by atoms with E-state index in [0.29, 0.717) is 6.54 Å². The maximum Gasteiger partial charge on any atom is 0.157 e. The predicted molar refractivity (Wildman–Crippen MR) is 120 cm³/mol. The van der Waals surface area contributed by atoms with Crippen molar-refractivity contribution in [3.05, 3.63) is 72.7 Å². The Balaban J connectivity index is 1.39. The van der Waals surface area contributed by atoms with E-state index in [-0.39, 0.29) is 11.5 Å². The van der Waals surface area contributed by atoms with Gasteiger partial charge >= 0.3 is 0 Å². The van der Waals surface area contributed by atoms with E-state index in [1.54, 1.807) is 29.9 Å². The normalized spacial score (nSPS) is 11.1. The second-order valence-corrected chi connectivity index (χ2v) is 7.74. The summed E-state index contributed by atoms with van der Waals surface area (Å²) in [6, 6.07) is 16.6. The SMILES string of the molecule is Oc1ccc(CNc2cccc(Nc3ncnc4c3sc3ncccc34)c2)cc1O. The van der Waals surface area contributed by atoms with Crippen molar-refractivity contribution in [3.63, 3.8) is 0 Å². The summed E-state index contributed by atoms with van der Waals surface area (Å²) in [5.74, 6) is 0.483. The zero-order valence-electron chi connectivity index (χ0n) is 15.7. The number of fused-ring (bicyclic) bond motifs is 3. The molecule has 0 aliphatic rings. The zero-order valence-corrected chi connectivity index (χ0v) is 16.5. The fraction of sp³-hybridized carbons (Fsp3) is 0.0455. The molecule has 8 heteroatoms. The van der Waals surface area contributed by atoms with Crippen LogP contribution in [0.25, 0.3) is 20.4 Å². The minimum absolute atomic E-state index is 0.127. The zero-order chi connectivity index (χ0) is 20.5. The lowest BCUT2D eigenvalue weighted by Crippen LogP contribution is -2.00. The van der Waals surface area contributed by atoms with Crippen LogP contribution in [0.15, 0.2) is 67.1 Å². The summed E-state index contributed by atoms with van der Waals surface area (Å²) in [7, 11) is 0. The van der Waals surface area contributed by atoms with Crippen LogP contribution in [0, 0.1) is 0 Å². The average Bonchev–Trinajstić information content (AvgIpc) is 3.15. The van der Waals surface area contributed by atoms with Crippen LogP contribution < -0.4 is 10.6 Å². The van der Waals surface area contributed by atoms with E-state index in [9.17, 15) is 10.2 Å². The van der Waals surface area contributed by atoms with Crippen molar-refractivity contribution < 1.29 is 10.2 Å². The second kappa shape index (κ2) is 7.49. The Morgan fingerprint density at radius 2 is 1.77 bits per heavy atom. The first-order chi connectivity index (χ1) is 14.7. The summed E-state index contributed by atoms with van der Waals surface area (Å²) < 4.78 is 0.962. The van der Waals surface area contributed by atoms with Gasteiger partial charge in [0.1, 0.15) is 11.2 Å². The van der Waals surface area contributed by atoms with Gasteiger partial charge < -0.3 is 20.8 Å². The van der Waals surface area contributed by atoms with Crippen LogP contribution in [0.4, 0.5) is 17.2 Å². The molecule has 3 heterocycles. The molecule has 2 aromatic carbocycles. The van der Waals surface area contributed by atoms with E-state index in [2.05, 4.69) is 25.6 Å². The number of phenols is 2. The lowest BCUT2D eigenvalue weighted by Gasteiger charge is -2.11. The van der Waals surface area contributed by atoms with Gasteiger partial charge in [0.05, 0.1) is 10.2 Å². The third kappa shape index (κ3) is 3.44. The Kier molecular flexibility index (Phi) is 4.53. The smallest absolute Gasteiger partial charge is 0.157 e. The highest BCUT2D eigenvalue weighted by atomic mass is 32.1. The average molecular weight is 415 g/mol. The molecule has 5 rings (SSSR count). The van der Waals surface area contributed by atoms with Gasteiger partial charge in [-0.05, 0) is 48.0 Å². The maximum atomic E-state index is 9.64. The van der Waals surface area contributed by atoms with Gasteiger partial charge in [-0.1, -0.05) is 12.1 Å². The van der Waals surface area contributed by atoms with E-state index in [4.69, 9.17) is 0 Å². The molecule has 4 N–H and O–H groups in total. The van der Waals surface area contributed by atoms with E-state index < -0.39 is 0 Å². The molecule has 5 aromatic rings. The summed E-state index contributed by atoms with van der Waals surface area (Å²) in [5, 5.41) is 26.8. The standard InChI is InChI=1S/C22H17N5O2S/c28-17-7-6-13(9-18(17)29)11-24-14-3-1-4-15(10-14)27-21-20-19(25-12-26-21)16-5-2-8-23-22(16)30-20/h1-10,12,24,28-29H,11H2,(H,25,26,27). The van der Waals surface area contributed by atoms with E-state index in [1.807, 2.05) is 36.4 Å². The van der Waals surface area contributed by atoms with E-state index >= 15 is 0 Å². The third-order valence-corrected chi connectivity index (χ3v) is 5.80. The molecule has 3 aromatic heterocycles. The summed E-state index contributed by atoms with van der Waals surface area (Å²) in [5.41, 5.74) is 3.55. The summed E-state index contributed by atoms with van der Waals surface area (Å²) in [6.45, 7) is 0.511. The number of anilines is 3. The number of nitrogens with zero attached hydrogens (tertiary/aromatic N) is 3. The minimum Gasteiger partial charge on any atom is -0.504 e. The molecule has 0 spiro atoms. The number of thiophene rings is 1. The molecule has 0 unspecified atom stereocenters. The van der Waals surface area contributed by atoms with Gasteiger partial charge in [0.25, 0.3) is 0 Å². The van der Waals surface area contributed by atoms with Crippen LogP contribution in [-0.4, -0.2) is 25.2 Å². The summed E-state index contributed by atoms with van der Waals surface area (Å²) in [4.78, 5) is 14.2. The van der Waals surface area contributed by atoms with Crippen LogP contribution >= 0.6 is 11.3 Å². The molecule has 0 radical (unpaired) electrons. The molecule has 0 saturated heterocycles. The van der Waals surface area contributed by atoms with Gasteiger partial charge in [0, 0.05) is 29.5 Å². The lowest BCUT2D eigenvalue weighted by molar-refractivity contribution is 0.403. The molecule has 148 valence electrons. The van der Waals surface area contributed by atoms with Crippen LogP contribution in [0.2, 0.25) is 0 Å².